The number of nitrogens with zero attached hydrogens (tertiary/aromatic N) is 6. The first-order valence-corrected chi connectivity index (χ1v) is 9.85. The molecule has 2 N–H and O–H groups in total. The van der Waals surface area contributed by atoms with Crippen LogP contribution in [0.3, 0.4) is 0 Å². The molecule has 0 radical (unpaired) electrons. The number of hydrogen-bond acceptors (Lipinski definition) is 7. The van der Waals surface area contributed by atoms with Crippen molar-refractivity contribution in [3.05, 3.63) is 41.6 Å². The summed E-state index contributed by atoms with van der Waals surface area (Å²) in [6.45, 7) is 4.70. The fourth-order valence-electron chi connectivity index (χ4n) is 4.45. The molecule has 0 bridgehead atoms. The topological polar surface area (TPSA) is 83.5 Å². The van der Waals surface area contributed by atoms with Crippen molar-refractivity contribution in [2.45, 2.75) is 51.2 Å². The van der Waals surface area contributed by atoms with E-state index in [0.29, 0.717) is 18.6 Å². The maximum atomic E-state index is 6.10. The van der Waals surface area contributed by atoms with Crippen LogP contribution >= 0.6 is 0 Å². The van der Waals surface area contributed by atoms with E-state index in [2.05, 4.69) is 27.8 Å². The van der Waals surface area contributed by atoms with Crippen LogP contribution < -0.4 is 15.5 Å². The molecule has 2 aromatic rings. The van der Waals surface area contributed by atoms with Crippen LogP contribution in [0.2, 0.25) is 0 Å². The number of piperidine rings is 1. The number of aliphatic imine (C=N–C) groups is 1. The molecule has 2 aromatic heterocycles. The highest BCUT2D eigenvalue weighted by molar-refractivity contribution is 6.11. The lowest BCUT2D eigenvalue weighted by Gasteiger charge is -2.37. The zero-order chi connectivity index (χ0) is 18.4. The zero-order valence-corrected chi connectivity index (χ0v) is 15.7. The van der Waals surface area contributed by atoms with Crippen molar-refractivity contribution >= 4 is 17.3 Å². The van der Waals surface area contributed by atoms with Crippen molar-refractivity contribution in [1.82, 2.24) is 15.0 Å². The minimum Gasteiger partial charge on any atom is -0.353 e. The Kier molecular flexibility index (Phi) is 4.04. The zero-order valence-electron chi connectivity index (χ0n) is 15.7. The number of aromatic nitrogens is 3. The summed E-state index contributed by atoms with van der Waals surface area (Å²) in [6.07, 6.45) is 7.87. The summed E-state index contributed by atoms with van der Waals surface area (Å²) in [5.74, 6) is 1.89. The van der Waals surface area contributed by atoms with Gasteiger partial charge in [-0.15, -0.1) is 0 Å². The monoisotopic (exact) mass is 363 g/mol. The molecule has 0 aromatic carbocycles. The van der Waals surface area contributed by atoms with Crippen molar-refractivity contribution in [3.8, 4) is 0 Å². The first-order chi connectivity index (χ1) is 13.2. The fraction of sp³-hybridized carbons (Fsp3) is 0.500. The number of rotatable bonds is 1. The number of nitrogens with two attached hydrogens (primary N) is 1. The standard InChI is InChI=1S/C20H25N7/c1-13-10-14(21)6-9-26(13)18-12-23-19-16(25-18)11-24-20(19)27-8-3-4-15-17(27)5-2-7-22-15/h2,5,7,12-14H,3-4,6,8-11,21H2,1H3/t13-,14?/m1/s1. The maximum Gasteiger partial charge on any atom is 0.156 e. The highest BCUT2D eigenvalue weighted by atomic mass is 15.3. The Morgan fingerprint density at radius 1 is 1.19 bits per heavy atom. The van der Waals surface area contributed by atoms with Gasteiger partial charge in [0, 0.05) is 31.4 Å². The molecule has 1 fully saturated rings. The predicted octanol–water partition coefficient (Wildman–Crippen LogP) is 1.90. The van der Waals surface area contributed by atoms with Gasteiger partial charge >= 0.3 is 0 Å². The molecule has 27 heavy (non-hydrogen) atoms. The van der Waals surface area contributed by atoms with Crippen LogP contribution in [-0.4, -0.2) is 46.0 Å². The van der Waals surface area contributed by atoms with Crippen LogP contribution in [0, 0.1) is 0 Å². The second kappa shape index (κ2) is 6.56. The van der Waals surface area contributed by atoms with Gasteiger partial charge in [-0.1, -0.05) is 0 Å². The smallest absolute Gasteiger partial charge is 0.156 e. The van der Waals surface area contributed by atoms with Crippen molar-refractivity contribution in [3.63, 3.8) is 0 Å². The molecule has 5 rings (SSSR count). The van der Waals surface area contributed by atoms with Gasteiger partial charge in [-0.2, -0.15) is 0 Å². The highest BCUT2D eigenvalue weighted by Crippen LogP contribution is 2.30. The Bertz CT molecular complexity index is 894. The van der Waals surface area contributed by atoms with E-state index in [1.807, 2.05) is 18.5 Å². The summed E-state index contributed by atoms with van der Waals surface area (Å²) in [6, 6.07) is 4.80. The van der Waals surface area contributed by atoms with Crippen molar-refractivity contribution in [2.75, 3.05) is 22.9 Å². The van der Waals surface area contributed by atoms with Gasteiger partial charge in [0.15, 0.2) is 5.84 Å². The number of pyridine rings is 1. The SMILES string of the molecule is C[C@@H]1CC(N)CCN1c1cnc2c(n1)CN=C2N1CCCc2ncccc21. The molecule has 3 aliphatic heterocycles. The second-order valence-electron chi connectivity index (χ2n) is 7.71. The molecule has 0 spiro atoms. The van der Waals surface area contributed by atoms with E-state index in [-0.39, 0.29) is 0 Å². The number of amidine groups is 1. The highest BCUT2D eigenvalue weighted by Gasteiger charge is 2.30. The lowest BCUT2D eigenvalue weighted by Crippen LogP contribution is -2.46. The Morgan fingerprint density at radius 3 is 3.00 bits per heavy atom. The summed E-state index contributed by atoms with van der Waals surface area (Å²) in [7, 11) is 0. The first kappa shape index (κ1) is 16.6. The lowest BCUT2D eigenvalue weighted by molar-refractivity contribution is 0.426. The van der Waals surface area contributed by atoms with Gasteiger partial charge in [0.1, 0.15) is 11.5 Å². The van der Waals surface area contributed by atoms with Gasteiger partial charge in [-0.05, 0) is 44.7 Å². The molecule has 0 aliphatic carbocycles. The van der Waals surface area contributed by atoms with Gasteiger partial charge in [-0.3, -0.25) is 9.98 Å². The summed E-state index contributed by atoms with van der Waals surface area (Å²) in [5, 5.41) is 0. The van der Waals surface area contributed by atoms with Crippen molar-refractivity contribution in [2.24, 2.45) is 10.7 Å². The third-order valence-corrected chi connectivity index (χ3v) is 5.84. The number of fused-ring (bicyclic) bond motifs is 2. The quantitative estimate of drug-likeness (QED) is 0.833. The van der Waals surface area contributed by atoms with Crippen LogP contribution in [0.5, 0.6) is 0 Å². The molecule has 0 amide bonds. The second-order valence-corrected chi connectivity index (χ2v) is 7.71. The number of aryl methyl sites for hydroxylation is 1. The largest absolute Gasteiger partial charge is 0.353 e. The summed E-state index contributed by atoms with van der Waals surface area (Å²) in [5.41, 5.74) is 10.3. The number of anilines is 2. The molecule has 1 unspecified atom stereocenters. The minimum absolute atomic E-state index is 0.293. The van der Waals surface area contributed by atoms with E-state index >= 15 is 0 Å². The average molecular weight is 363 g/mol. The van der Waals surface area contributed by atoms with E-state index in [4.69, 9.17) is 20.7 Å². The Morgan fingerprint density at radius 2 is 2.11 bits per heavy atom. The van der Waals surface area contributed by atoms with Crippen molar-refractivity contribution in [1.29, 1.82) is 0 Å². The summed E-state index contributed by atoms with van der Waals surface area (Å²) < 4.78 is 0. The van der Waals surface area contributed by atoms with Crippen LogP contribution in [0.25, 0.3) is 0 Å². The molecule has 140 valence electrons. The third-order valence-electron chi connectivity index (χ3n) is 5.84. The molecule has 2 atom stereocenters. The third kappa shape index (κ3) is 2.86. The van der Waals surface area contributed by atoms with Gasteiger partial charge in [-0.25, -0.2) is 9.97 Å². The minimum atomic E-state index is 0.293. The Hall–Kier alpha value is -2.54. The maximum absolute atomic E-state index is 6.10. The Labute approximate surface area is 159 Å². The first-order valence-electron chi connectivity index (χ1n) is 9.85. The normalized spacial score (nSPS) is 24.4. The lowest BCUT2D eigenvalue weighted by atomic mass is 9.99. The van der Waals surface area contributed by atoms with Gasteiger partial charge < -0.3 is 15.5 Å². The van der Waals surface area contributed by atoms with Gasteiger partial charge in [0.25, 0.3) is 0 Å². The average Bonchev–Trinajstić information content (AvgIpc) is 3.10. The van der Waals surface area contributed by atoms with E-state index < -0.39 is 0 Å². The van der Waals surface area contributed by atoms with Crippen LogP contribution in [0.4, 0.5) is 11.5 Å². The van der Waals surface area contributed by atoms with Crippen LogP contribution in [0.15, 0.2) is 29.5 Å². The summed E-state index contributed by atoms with van der Waals surface area (Å²) >= 11 is 0. The molecular weight excluding hydrogens is 338 g/mol. The van der Waals surface area contributed by atoms with Crippen LogP contribution in [-0.2, 0) is 13.0 Å². The van der Waals surface area contributed by atoms with Gasteiger partial charge in [0.05, 0.1) is 29.8 Å². The molecule has 3 aliphatic rings. The molecular formula is C20H25N7. The van der Waals surface area contributed by atoms with E-state index in [9.17, 15) is 0 Å². The molecule has 7 heteroatoms. The van der Waals surface area contributed by atoms with Crippen LogP contribution in [0.1, 0.15) is 43.3 Å². The molecule has 7 nitrogen and oxygen atoms in total. The van der Waals surface area contributed by atoms with Crippen molar-refractivity contribution < 1.29 is 0 Å². The van der Waals surface area contributed by atoms with E-state index in [0.717, 1.165) is 73.2 Å². The summed E-state index contributed by atoms with van der Waals surface area (Å²) in [4.78, 5) is 23.6. The van der Waals surface area contributed by atoms with Gasteiger partial charge in [0.2, 0.25) is 0 Å². The van der Waals surface area contributed by atoms with E-state index in [1.165, 1.54) is 0 Å². The predicted molar refractivity (Wildman–Crippen MR) is 106 cm³/mol. The molecule has 1 saturated heterocycles. The molecule has 5 heterocycles. The Balaban J connectivity index is 1.44. The fourth-order valence-corrected chi connectivity index (χ4v) is 4.45. The molecule has 0 saturated carbocycles. The van der Waals surface area contributed by atoms with E-state index in [1.54, 1.807) is 0 Å². The number of hydrogen-bond donors (Lipinski definition) is 1.